The Balaban J connectivity index is 1.21. The summed E-state index contributed by atoms with van der Waals surface area (Å²) in [5, 5.41) is 12.6. The lowest BCUT2D eigenvalue weighted by molar-refractivity contribution is -0.115. The van der Waals surface area contributed by atoms with E-state index in [0.717, 1.165) is 61.1 Å². The van der Waals surface area contributed by atoms with Gasteiger partial charge in [-0.25, -0.2) is 0 Å². The van der Waals surface area contributed by atoms with E-state index in [1.165, 1.54) is 0 Å². The highest BCUT2D eigenvalue weighted by atomic mass is 16.3. The van der Waals surface area contributed by atoms with E-state index in [9.17, 15) is 4.79 Å². The predicted molar refractivity (Wildman–Crippen MR) is 151 cm³/mol. The number of aromatic amines is 2. The van der Waals surface area contributed by atoms with E-state index < -0.39 is 0 Å². The van der Waals surface area contributed by atoms with Gasteiger partial charge in [-0.1, -0.05) is 42.5 Å². The average Bonchev–Trinajstić information content (AvgIpc) is 3.73. The molecular formula is C31H22N6O2. The second kappa shape index (κ2) is 9.42. The first-order valence-corrected chi connectivity index (χ1v) is 12.5. The maximum Gasteiger partial charge on any atom is 0.228 e. The Labute approximate surface area is 222 Å². The quantitative estimate of drug-likeness (QED) is 0.233. The Bertz CT molecular complexity index is 1940. The van der Waals surface area contributed by atoms with Crippen molar-refractivity contribution in [2.24, 2.45) is 0 Å². The normalized spacial score (nSPS) is 11.3. The molecule has 0 aliphatic rings. The van der Waals surface area contributed by atoms with E-state index in [4.69, 9.17) is 4.42 Å². The number of nitrogens with one attached hydrogen (secondary N) is 3. The molecule has 5 heterocycles. The molecule has 188 valence electrons. The smallest absolute Gasteiger partial charge is 0.228 e. The third-order valence-electron chi connectivity index (χ3n) is 6.72. The molecule has 7 aromatic rings. The van der Waals surface area contributed by atoms with E-state index in [2.05, 4.69) is 42.6 Å². The van der Waals surface area contributed by atoms with Gasteiger partial charge in [0.2, 0.25) is 5.91 Å². The summed E-state index contributed by atoms with van der Waals surface area (Å²) in [6.07, 6.45) is 8.85. The highest BCUT2D eigenvalue weighted by Gasteiger charge is 2.15. The molecule has 0 fully saturated rings. The van der Waals surface area contributed by atoms with Crippen LogP contribution in [-0.4, -0.2) is 31.1 Å². The van der Waals surface area contributed by atoms with Crippen molar-refractivity contribution in [2.75, 3.05) is 5.32 Å². The molecule has 0 unspecified atom stereocenters. The minimum atomic E-state index is -0.103. The highest BCUT2D eigenvalue weighted by molar-refractivity contribution is 6.01. The van der Waals surface area contributed by atoms with Crippen LogP contribution in [0.25, 0.3) is 55.6 Å². The number of hydrogen-bond acceptors (Lipinski definition) is 5. The standard InChI is InChI=1S/C31H22N6O2/c38-30(11-19-5-2-1-3-6-19)34-22-12-21(15-32-16-22)27-14-25-29(17-33-27)36-37-31(25)28-13-24-23(20-9-10-39-18-20)7-4-8-26(24)35-28/h1-10,12-18,35H,11H2,(H,34,38)(H,36,37). The van der Waals surface area contributed by atoms with Crippen LogP contribution >= 0.6 is 0 Å². The van der Waals surface area contributed by atoms with E-state index in [0.29, 0.717) is 12.1 Å². The van der Waals surface area contributed by atoms with Crippen LogP contribution in [0.3, 0.4) is 0 Å². The maximum atomic E-state index is 12.6. The van der Waals surface area contributed by atoms with Gasteiger partial charge in [0.15, 0.2) is 0 Å². The molecule has 0 bridgehead atoms. The maximum absolute atomic E-state index is 12.6. The molecule has 5 aromatic heterocycles. The van der Waals surface area contributed by atoms with E-state index >= 15 is 0 Å². The molecule has 8 nitrogen and oxygen atoms in total. The number of amides is 1. The van der Waals surface area contributed by atoms with Crippen LogP contribution in [0.2, 0.25) is 0 Å². The van der Waals surface area contributed by atoms with Gasteiger partial charge in [0.25, 0.3) is 0 Å². The number of anilines is 1. The summed E-state index contributed by atoms with van der Waals surface area (Å²) in [6, 6.07) is 23.7. The average molecular weight is 511 g/mol. The largest absolute Gasteiger partial charge is 0.472 e. The SMILES string of the molecule is O=C(Cc1ccccc1)Nc1cncc(-c2cc3c(-c4cc5c(-c6ccoc6)cccc5[nH]4)n[nH]c3cn2)c1. The number of furan rings is 1. The Morgan fingerprint density at radius 3 is 2.67 bits per heavy atom. The first-order valence-electron chi connectivity index (χ1n) is 12.5. The van der Waals surface area contributed by atoms with Crippen LogP contribution in [0, 0.1) is 0 Å². The molecule has 3 N–H and O–H groups in total. The first-order chi connectivity index (χ1) is 19.2. The minimum Gasteiger partial charge on any atom is -0.472 e. The fourth-order valence-electron chi connectivity index (χ4n) is 4.87. The zero-order chi connectivity index (χ0) is 26.2. The van der Waals surface area contributed by atoms with Gasteiger partial charge in [-0.3, -0.25) is 19.9 Å². The van der Waals surface area contributed by atoms with Crippen molar-refractivity contribution in [3.05, 3.63) is 109 Å². The summed E-state index contributed by atoms with van der Waals surface area (Å²) in [7, 11) is 0. The molecular weight excluding hydrogens is 488 g/mol. The molecule has 0 radical (unpaired) electrons. The summed E-state index contributed by atoms with van der Waals surface area (Å²) in [6.45, 7) is 0. The summed E-state index contributed by atoms with van der Waals surface area (Å²) < 4.78 is 5.30. The van der Waals surface area contributed by atoms with Crippen molar-refractivity contribution >= 4 is 33.4 Å². The molecule has 0 aliphatic heterocycles. The number of aromatic nitrogens is 5. The van der Waals surface area contributed by atoms with Gasteiger partial charge in [0, 0.05) is 33.6 Å². The van der Waals surface area contributed by atoms with Crippen LogP contribution in [0.1, 0.15) is 5.56 Å². The van der Waals surface area contributed by atoms with Crippen molar-refractivity contribution in [1.29, 1.82) is 0 Å². The monoisotopic (exact) mass is 510 g/mol. The third-order valence-corrected chi connectivity index (χ3v) is 6.72. The van der Waals surface area contributed by atoms with Gasteiger partial charge >= 0.3 is 0 Å². The van der Waals surface area contributed by atoms with Crippen LogP contribution in [0.5, 0.6) is 0 Å². The van der Waals surface area contributed by atoms with Crippen molar-refractivity contribution in [1.82, 2.24) is 25.1 Å². The fourth-order valence-corrected chi connectivity index (χ4v) is 4.87. The van der Waals surface area contributed by atoms with Crippen molar-refractivity contribution in [3.8, 4) is 33.8 Å². The Morgan fingerprint density at radius 1 is 0.872 bits per heavy atom. The molecule has 1 amide bonds. The topological polar surface area (TPSA) is 112 Å². The minimum absolute atomic E-state index is 0.103. The third kappa shape index (κ3) is 4.34. The zero-order valence-electron chi connectivity index (χ0n) is 20.7. The molecule has 0 spiro atoms. The van der Waals surface area contributed by atoms with Crippen molar-refractivity contribution < 1.29 is 9.21 Å². The molecule has 0 saturated carbocycles. The van der Waals surface area contributed by atoms with E-state index in [1.54, 1.807) is 31.1 Å². The predicted octanol–water partition coefficient (Wildman–Crippen LogP) is 6.61. The van der Waals surface area contributed by atoms with Gasteiger partial charge in [-0.15, -0.1) is 0 Å². The number of nitrogens with zero attached hydrogens (tertiary/aromatic N) is 3. The van der Waals surface area contributed by atoms with Gasteiger partial charge in [0.1, 0.15) is 5.69 Å². The fraction of sp³-hybridized carbons (Fsp3) is 0.0323. The van der Waals surface area contributed by atoms with Gasteiger partial charge < -0.3 is 14.7 Å². The number of rotatable bonds is 6. The summed E-state index contributed by atoms with van der Waals surface area (Å²) in [5.74, 6) is -0.103. The van der Waals surface area contributed by atoms with E-state index in [1.807, 2.05) is 60.7 Å². The lowest BCUT2D eigenvalue weighted by atomic mass is 10.0. The Morgan fingerprint density at radius 2 is 1.79 bits per heavy atom. The van der Waals surface area contributed by atoms with Crippen LogP contribution < -0.4 is 5.32 Å². The number of pyridine rings is 2. The van der Waals surface area contributed by atoms with E-state index in [-0.39, 0.29) is 5.91 Å². The number of hydrogen-bond donors (Lipinski definition) is 3. The second-order valence-corrected chi connectivity index (χ2v) is 9.32. The highest BCUT2D eigenvalue weighted by Crippen LogP contribution is 2.35. The lowest BCUT2D eigenvalue weighted by Crippen LogP contribution is -2.14. The zero-order valence-corrected chi connectivity index (χ0v) is 20.7. The van der Waals surface area contributed by atoms with Crippen LogP contribution in [-0.2, 0) is 11.2 Å². The Kier molecular flexibility index (Phi) is 5.48. The lowest BCUT2D eigenvalue weighted by Gasteiger charge is -2.07. The van der Waals surface area contributed by atoms with Gasteiger partial charge in [-0.2, -0.15) is 5.10 Å². The molecule has 7 rings (SSSR count). The van der Waals surface area contributed by atoms with Crippen molar-refractivity contribution in [3.63, 3.8) is 0 Å². The Hall–Kier alpha value is -5.50. The van der Waals surface area contributed by atoms with Crippen LogP contribution in [0.15, 0.2) is 108 Å². The summed E-state index contributed by atoms with van der Waals surface area (Å²) >= 11 is 0. The molecule has 39 heavy (non-hydrogen) atoms. The summed E-state index contributed by atoms with van der Waals surface area (Å²) in [4.78, 5) is 25.0. The number of fused-ring (bicyclic) bond motifs is 2. The second-order valence-electron chi connectivity index (χ2n) is 9.32. The number of carbonyl (C=O) groups is 1. The van der Waals surface area contributed by atoms with Crippen molar-refractivity contribution in [2.45, 2.75) is 6.42 Å². The summed E-state index contributed by atoms with van der Waals surface area (Å²) in [5.41, 5.74) is 8.72. The number of carbonyl (C=O) groups excluding carboxylic acids is 1. The molecule has 8 heteroatoms. The van der Waals surface area contributed by atoms with Gasteiger partial charge in [0.05, 0.1) is 53.9 Å². The van der Waals surface area contributed by atoms with Gasteiger partial charge in [-0.05, 0) is 41.5 Å². The molecule has 0 atom stereocenters. The molecule has 2 aromatic carbocycles. The number of benzene rings is 2. The first kappa shape index (κ1) is 22.7. The van der Waals surface area contributed by atoms with Crippen LogP contribution in [0.4, 0.5) is 5.69 Å². The number of H-pyrrole nitrogens is 2. The molecule has 0 saturated heterocycles. The molecule has 0 aliphatic carbocycles.